The zero-order valence-electron chi connectivity index (χ0n) is 19.8. The summed E-state index contributed by atoms with van der Waals surface area (Å²) >= 11 is 0. The Hall–Kier alpha value is -4.67. The van der Waals surface area contributed by atoms with Crippen molar-refractivity contribution in [3.05, 3.63) is 66.7 Å². The van der Waals surface area contributed by atoms with Crippen LogP contribution in [0.4, 0.5) is 10.2 Å². The standard InChI is InChI=1S/C26H23FN6O4/c1-15(34)21-13-32(22-4-2-16(8-20(21)22)17-6-7-29-30-10-17)14-25(36)33-12-18(27)9-23(33)26(37)31-24-5-3-19(35)11-28-24/h2-8,10-11,13,18,23,35H,9,12,14H2,1H3,(H,28,31,37). The van der Waals surface area contributed by atoms with E-state index in [0.29, 0.717) is 16.5 Å². The van der Waals surface area contributed by atoms with Crippen LogP contribution in [0.1, 0.15) is 23.7 Å². The van der Waals surface area contributed by atoms with Gasteiger partial charge in [-0.15, -0.1) is 0 Å². The van der Waals surface area contributed by atoms with Crippen molar-refractivity contribution in [3.63, 3.8) is 0 Å². The molecule has 11 heteroatoms. The lowest BCUT2D eigenvalue weighted by Crippen LogP contribution is -2.44. The quantitative estimate of drug-likeness (QED) is 0.388. The van der Waals surface area contributed by atoms with E-state index in [1.54, 1.807) is 23.2 Å². The first kappa shape index (κ1) is 24.0. The van der Waals surface area contributed by atoms with Crippen molar-refractivity contribution in [3.8, 4) is 16.9 Å². The summed E-state index contributed by atoms with van der Waals surface area (Å²) in [7, 11) is 0. The van der Waals surface area contributed by atoms with Crippen LogP contribution >= 0.6 is 0 Å². The number of rotatable bonds is 6. The van der Waals surface area contributed by atoms with Crippen LogP contribution in [0.2, 0.25) is 0 Å². The number of pyridine rings is 1. The molecule has 2 amide bonds. The minimum absolute atomic E-state index is 0.0621. The highest BCUT2D eigenvalue weighted by Crippen LogP contribution is 2.29. The van der Waals surface area contributed by atoms with Crippen LogP contribution in [0.5, 0.6) is 5.75 Å². The number of aromatic hydroxyl groups is 1. The average Bonchev–Trinajstić information content (AvgIpc) is 3.46. The van der Waals surface area contributed by atoms with Crippen molar-refractivity contribution in [1.82, 2.24) is 24.6 Å². The predicted octanol–water partition coefficient (Wildman–Crippen LogP) is 2.98. The number of hydrogen-bond acceptors (Lipinski definition) is 7. The van der Waals surface area contributed by atoms with Crippen LogP contribution in [0, 0.1) is 0 Å². The van der Waals surface area contributed by atoms with Crippen LogP contribution in [0.3, 0.4) is 0 Å². The lowest BCUT2D eigenvalue weighted by Gasteiger charge is -2.24. The van der Waals surface area contributed by atoms with Crippen LogP contribution in [0.25, 0.3) is 22.0 Å². The molecule has 188 valence electrons. The van der Waals surface area contributed by atoms with Crippen molar-refractivity contribution in [2.45, 2.75) is 32.1 Å². The molecule has 2 N–H and O–H groups in total. The van der Waals surface area contributed by atoms with Gasteiger partial charge in [-0.05, 0) is 42.8 Å². The van der Waals surface area contributed by atoms with E-state index < -0.39 is 24.0 Å². The number of alkyl halides is 1. The number of nitrogens with one attached hydrogen (secondary N) is 1. The summed E-state index contributed by atoms with van der Waals surface area (Å²) in [4.78, 5) is 43.7. The van der Waals surface area contributed by atoms with Gasteiger partial charge in [0.15, 0.2) is 5.78 Å². The van der Waals surface area contributed by atoms with Crippen molar-refractivity contribution >= 4 is 34.3 Å². The Morgan fingerprint density at radius 1 is 1.11 bits per heavy atom. The van der Waals surface area contributed by atoms with Crippen molar-refractivity contribution in [2.24, 2.45) is 0 Å². The molecule has 10 nitrogen and oxygen atoms in total. The Morgan fingerprint density at radius 3 is 2.65 bits per heavy atom. The van der Waals surface area contributed by atoms with Gasteiger partial charge in [-0.25, -0.2) is 9.37 Å². The van der Waals surface area contributed by atoms with E-state index in [-0.39, 0.29) is 36.9 Å². The summed E-state index contributed by atoms with van der Waals surface area (Å²) in [5.74, 6) is -1.06. The van der Waals surface area contributed by atoms with E-state index in [2.05, 4.69) is 20.5 Å². The Kier molecular flexibility index (Phi) is 6.34. The molecule has 4 aromatic rings. The number of benzene rings is 1. The van der Waals surface area contributed by atoms with Gasteiger partial charge in [-0.1, -0.05) is 6.07 Å². The Bertz CT molecular complexity index is 1490. The van der Waals surface area contributed by atoms with Crippen LogP contribution < -0.4 is 5.32 Å². The SMILES string of the molecule is CC(=O)c1cn(CC(=O)N2CC(F)CC2C(=O)Nc2ccc(O)cn2)c2ccc(-c3ccnnc3)cc12. The monoisotopic (exact) mass is 502 g/mol. The number of carbonyl (C=O) groups excluding carboxylic acids is 3. The van der Waals surface area contributed by atoms with Gasteiger partial charge >= 0.3 is 0 Å². The second kappa shape index (κ2) is 9.76. The number of nitrogens with zero attached hydrogens (tertiary/aromatic N) is 5. The fourth-order valence-electron chi connectivity index (χ4n) is 4.56. The molecule has 0 spiro atoms. The predicted molar refractivity (Wildman–Crippen MR) is 133 cm³/mol. The van der Waals surface area contributed by atoms with E-state index in [1.807, 2.05) is 24.3 Å². The number of likely N-dealkylation sites (tertiary alicyclic amines) is 1. The first-order valence-electron chi connectivity index (χ1n) is 11.6. The van der Waals surface area contributed by atoms with E-state index >= 15 is 0 Å². The maximum atomic E-state index is 14.4. The van der Waals surface area contributed by atoms with Crippen molar-refractivity contribution < 1.29 is 23.9 Å². The largest absolute Gasteiger partial charge is 0.506 e. The van der Waals surface area contributed by atoms with Gasteiger partial charge in [0.05, 0.1) is 25.1 Å². The Morgan fingerprint density at radius 2 is 1.95 bits per heavy atom. The fourth-order valence-corrected chi connectivity index (χ4v) is 4.56. The second-order valence-electron chi connectivity index (χ2n) is 8.88. The molecule has 5 rings (SSSR count). The van der Waals surface area contributed by atoms with E-state index in [9.17, 15) is 23.9 Å². The van der Waals surface area contributed by atoms with E-state index in [4.69, 9.17) is 0 Å². The molecule has 1 aromatic carbocycles. The molecule has 4 heterocycles. The lowest BCUT2D eigenvalue weighted by molar-refractivity contribution is -0.137. The number of anilines is 1. The molecule has 2 atom stereocenters. The van der Waals surface area contributed by atoms with Gasteiger partial charge < -0.3 is 19.9 Å². The highest BCUT2D eigenvalue weighted by Gasteiger charge is 2.40. The van der Waals surface area contributed by atoms with Crippen LogP contribution in [-0.4, -0.2) is 66.1 Å². The lowest BCUT2D eigenvalue weighted by atomic mass is 10.0. The number of carbonyl (C=O) groups is 3. The highest BCUT2D eigenvalue weighted by atomic mass is 19.1. The number of fused-ring (bicyclic) bond motifs is 1. The molecule has 3 aromatic heterocycles. The minimum atomic E-state index is -1.35. The fraction of sp³-hybridized carbons (Fsp3) is 0.231. The second-order valence-corrected chi connectivity index (χ2v) is 8.88. The zero-order chi connectivity index (χ0) is 26.1. The molecule has 0 aliphatic carbocycles. The third kappa shape index (κ3) is 4.88. The van der Waals surface area contributed by atoms with E-state index in [0.717, 1.165) is 11.1 Å². The molecule has 1 saturated heterocycles. The topological polar surface area (TPSA) is 130 Å². The molecule has 0 saturated carbocycles. The third-order valence-electron chi connectivity index (χ3n) is 6.36. The number of halogens is 1. The molecule has 37 heavy (non-hydrogen) atoms. The summed E-state index contributed by atoms with van der Waals surface area (Å²) in [6.45, 7) is 1.07. The summed E-state index contributed by atoms with van der Waals surface area (Å²) in [5.41, 5.74) is 2.78. The molecule has 1 fully saturated rings. The number of hydrogen-bond donors (Lipinski definition) is 2. The van der Waals surface area contributed by atoms with Crippen molar-refractivity contribution in [2.75, 3.05) is 11.9 Å². The number of amides is 2. The van der Waals surface area contributed by atoms with Gasteiger partial charge in [0.25, 0.3) is 0 Å². The van der Waals surface area contributed by atoms with Gasteiger partial charge in [0, 0.05) is 34.6 Å². The van der Waals surface area contributed by atoms with E-state index in [1.165, 1.54) is 30.2 Å². The summed E-state index contributed by atoms with van der Waals surface area (Å²) in [6.07, 6.45) is 4.49. The third-order valence-corrected chi connectivity index (χ3v) is 6.36. The summed E-state index contributed by atoms with van der Waals surface area (Å²) in [6, 6.07) is 9.09. The average molecular weight is 503 g/mol. The molecule has 1 aliphatic heterocycles. The van der Waals surface area contributed by atoms with Crippen molar-refractivity contribution in [1.29, 1.82) is 0 Å². The van der Waals surface area contributed by atoms with Gasteiger partial charge in [-0.2, -0.15) is 10.2 Å². The minimum Gasteiger partial charge on any atom is -0.506 e. The molecule has 0 bridgehead atoms. The number of aromatic nitrogens is 4. The van der Waals surface area contributed by atoms with Gasteiger partial charge in [-0.3, -0.25) is 14.4 Å². The van der Waals surface area contributed by atoms with Crippen LogP contribution in [-0.2, 0) is 16.1 Å². The number of ketones is 1. The molecule has 1 aliphatic rings. The maximum Gasteiger partial charge on any atom is 0.248 e. The molecular formula is C26H23FN6O4. The summed E-state index contributed by atoms with van der Waals surface area (Å²) in [5, 5.41) is 20.3. The first-order valence-corrected chi connectivity index (χ1v) is 11.6. The number of Topliss-reactive ketones (excluding diaryl/α,β-unsaturated/α-hetero) is 1. The molecule has 2 unspecified atom stereocenters. The zero-order valence-corrected chi connectivity index (χ0v) is 19.8. The van der Waals surface area contributed by atoms with Gasteiger partial charge in [0.1, 0.15) is 30.3 Å². The Labute approximate surface area is 210 Å². The normalized spacial score (nSPS) is 17.2. The highest BCUT2D eigenvalue weighted by molar-refractivity contribution is 6.08. The molecular weight excluding hydrogens is 479 g/mol. The summed E-state index contributed by atoms with van der Waals surface area (Å²) < 4.78 is 16.0. The van der Waals surface area contributed by atoms with Crippen LogP contribution in [0.15, 0.2) is 61.2 Å². The Balaban J connectivity index is 1.40. The first-order chi connectivity index (χ1) is 17.8. The van der Waals surface area contributed by atoms with Gasteiger partial charge in [0.2, 0.25) is 11.8 Å². The smallest absolute Gasteiger partial charge is 0.248 e. The molecule has 0 radical (unpaired) electrons. The maximum absolute atomic E-state index is 14.4.